The van der Waals surface area contributed by atoms with Gasteiger partial charge in [0.05, 0.1) is 15.9 Å². The number of nitrogens with one attached hydrogen (secondary N) is 1. The molecular weight excluding hydrogens is 451 g/mol. The quantitative estimate of drug-likeness (QED) is 0.188. The second kappa shape index (κ2) is 7.67. The minimum Gasteiger partial charge on any atom is -0.506 e. The van der Waals surface area contributed by atoms with Crippen molar-refractivity contribution in [1.82, 2.24) is 9.97 Å². The van der Waals surface area contributed by atoms with Gasteiger partial charge in [0.2, 0.25) is 5.78 Å². The Hall–Kier alpha value is -3.01. The van der Waals surface area contributed by atoms with E-state index in [1.165, 1.54) is 30.3 Å². The highest BCUT2D eigenvalue weighted by molar-refractivity contribution is 8.15. The van der Waals surface area contributed by atoms with Crippen LogP contribution in [-0.2, 0) is 9.05 Å². The smallest absolute Gasteiger partial charge is 0.270 e. The minimum atomic E-state index is -4.02. The average molecular weight is 463 g/mol. The number of ketones is 1. The summed E-state index contributed by atoms with van der Waals surface area (Å²) in [5, 5.41) is 10.9. The topological polar surface area (TPSA) is 100 Å². The van der Waals surface area contributed by atoms with Crippen molar-refractivity contribution in [3.05, 3.63) is 82.7 Å². The minimum absolute atomic E-state index is 0.0210. The molecule has 0 saturated carbocycles. The van der Waals surface area contributed by atoms with Gasteiger partial charge in [-0.3, -0.25) is 4.79 Å². The van der Waals surface area contributed by atoms with E-state index < -0.39 is 26.4 Å². The molecule has 0 aliphatic carbocycles. The molecule has 0 amide bonds. The molecule has 4 rings (SSSR count). The number of H-pyrrole nitrogens is 1. The van der Waals surface area contributed by atoms with Gasteiger partial charge in [-0.05, 0) is 36.4 Å². The summed E-state index contributed by atoms with van der Waals surface area (Å²) in [6, 6.07) is 14.6. The average Bonchev–Trinajstić information content (AvgIpc) is 3.35. The molecule has 0 atom stereocenters. The molecule has 2 aromatic heterocycles. The zero-order valence-electron chi connectivity index (χ0n) is 15.0. The van der Waals surface area contributed by atoms with Crippen molar-refractivity contribution >= 4 is 59.2 Å². The van der Waals surface area contributed by atoms with Crippen molar-refractivity contribution in [2.75, 3.05) is 0 Å². The highest BCUT2D eigenvalue weighted by Gasteiger charge is 2.26. The first-order valence-corrected chi connectivity index (χ1v) is 11.6. The number of carbonyl (C=O) groups is 1. The summed E-state index contributed by atoms with van der Waals surface area (Å²) in [4.78, 5) is 20.6. The zero-order valence-corrected chi connectivity index (χ0v) is 17.4. The predicted octanol–water partition coefficient (Wildman–Crippen LogP) is 5.00. The predicted molar refractivity (Wildman–Crippen MR) is 114 cm³/mol. The third-order valence-corrected chi connectivity index (χ3v) is 7.41. The summed E-state index contributed by atoms with van der Waals surface area (Å²) >= 11 is 0.663. The molecule has 30 heavy (non-hydrogen) atoms. The van der Waals surface area contributed by atoms with E-state index >= 15 is 0 Å². The van der Waals surface area contributed by atoms with Gasteiger partial charge in [-0.2, -0.15) is 0 Å². The van der Waals surface area contributed by atoms with Crippen LogP contribution in [0.4, 0.5) is 4.39 Å². The molecule has 4 aromatic rings. The molecular formula is C20H12ClFN2O4S2. The Kier molecular flexibility index (Phi) is 5.19. The van der Waals surface area contributed by atoms with E-state index in [1.54, 1.807) is 24.3 Å². The molecule has 2 aromatic carbocycles. The monoisotopic (exact) mass is 462 g/mol. The van der Waals surface area contributed by atoms with Crippen LogP contribution in [0.5, 0.6) is 0 Å². The van der Waals surface area contributed by atoms with Gasteiger partial charge in [0.1, 0.15) is 27.2 Å². The van der Waals surface area contributed by atoms with E-state index in [4.69, 9.17) is 10.7 Å². The van der Waals surface area contributed by atoms with Crippen molar-refractivity contribution < 1.29 is 22.7 Å². The van der Waals surface area contributed by atoms with Crippen molar-refractivity contribution in [1.29, 1.82) is 0 Å². The number of hydrogen-bond acceptors (Lipinski definition) is 6. The maximum atomic E-state index is 13.7. The van der Waals surface area contributed by atoms with Crippen molar-refractivity contribution in [3.63, 3.8) is 0 Å². The lowest BCUT2D eigenvalue weighted by Crippen LogP contribution is -2.06. The fraction of sp³-hybridized carbons (Fsp3) is 0. The molecule has 0 aliphatic rings. The number of thiophene rings is 1. The van der Waals surface area contributed by atoms with Crippen LogP contribution in [0.1, 0.15) is 21.1 Å². The standard InChI is InChI=1S/C20H12ClFN2O4S2/c21-30(27,28)16-9-8-15(29-16)19(26)17(18(25)11-4-3-5-12(22)10-11)20-23-13-6-1-2-7-14(13)24-20/h1-10,25H,(H,23,24). The first kappa shape index (κ1) is 20.3. The number of allylic oxidation sites excluding steroid dienone is 1. The number of Topliss-reactive ketones (excluding diaryl/α,β-unsaturated/α-hetero) is 1. The molecule has 0 spiro atoms. The van der Waals surface area contributed by atoms with E-state index in [-0.39, 0.29) is 26.0 Å². The number of para-hydroxylation sites is 2. The zero-order chi connectivity index (χ0) is 21.5. The van der Waals surface area contributed by atoms with Crippen LogP contribution < -0.4 is 0 Å². The normalized spacial score (nSPS) is 12.7. The van der Waals surface area contributed by atoms with Gasteiger partial charge in [0.15, 0.2) is 0 Å². The van der Waals surface area contributed by atoms with Crippen molar-refractivity contribution in [2.45, 2.75) is 4.21 Å². The van der Waals surface area contributed by atoms with Gasteiger partial charge in [-0.15, -0.1) is 11.3 Å². The number of aromatic amines is 1. The van der Waals surface area contributed by atoms with Crippen molar-refractivity contribution in [3.8, 4) is 0 Å². The number of halogens is 2. The van der Waals surface area contributed by atoms with Crippen LogP contribution in [0.3, 0.4) is 0 Å². The Labute approximate surface area is 178 Å². The molecule has 0 radical (unpaired) electrons. The summed E-state index contributed by atoms with van der Waals surface area (Å²) in [6.45, 7) is 0. The molecule has 10 heteroatoms. The van der Waals surface area contributed by atoms with Crippen LogP contribution in [0.15, 0.2) is 64.9 Å². The summed E-state index contributed by atoms with van der Waals surface area (Å²) in [6.07, 6.45) is 0. The first-order valence-electron chi connectivity index (χ1n) is 8.47. The summed E-state index contributed by atoms with van der Waals surface area (Å²) in [5.41, 5.74) is 1.03. The largest absolute Gasteiger partial charge is 0.506 e. The third-order valence-electron chi connectivity index (χ3n) is 4.23. The molecule has 2 heterocycles. The van der Waals surface area contributed by atoms with Crippen LogP contribution in [0.2, 0.25) is 0 Å². The molecule has 0 aliphatic heterocycles. The SMILES string of the molecule is O=C(C(=C(O)c1cccc(F)c1)c1nc2ccccc2[nH]1)c1ccc(S(=O)(=O)Cl)s1. The van der Waals surface area contributed by atoms with E-state index in [0.717, 1.165) is 6.07 Å². The molecule has 0 fully saturated rings. The first-order chi connectivity index (χ1) is 14.2. The Morgan fingerprint density at radius 1 is 1.10 bits per heavy atom. The summed E-state index contributed by atoms with van der Waals surface area (Å²) < 4.78 is 36.6. The molecule has 152 valence electrons. The number of benzene rings is 2. The van der Waals surface area contributed by atoms with Gasteiger partial charge in [-0.25, -0.2) is 17.8 Å². The van der Waals surface area contributed by atoms with E-state index in [2.05, 4.69) is 9.97 Å². The second-order valence-electron chi connectivity index (χ2n) is 6.22. The maximum absolute atomic E-state index is 13.7. The highest BCUT2D eigenvalue weighted by atomic mass is 35.7. The van der Waals surface area contributed by atoms with E-state index in [9.17, 15) is 22.7 Å². The van der Waals surface area contributed by atoms with Gasteiger partial charge >= 0.3 is 0 Å². The van der Waals surface area contributed by atoms with E-state index in [1.807, 2.05) is 0 Å². The molecule has 0 bridgehead atoms. The Morgan fingerprint density at radius 3 is 2.53 bits per heavy atom. The number of nitrogens with zero attached hydrogens (tertiary/aromatic N) is 1. The van der Waals surface area contributed by atoms with Crippen LogP contribution >= 0.6 is 22.0 Å². The maximum Gasteiger partial charge on any atom is 0.270 e. The lowest BCUT2D eigenvalue weighted by Gasteiger charge is -2.08. The Morgan fingerprint density at radius 2 is 1.87 bits per heavy atom. The lowest BCUT2D eigenvalue weighted by atomic mass is 10.0. The highest BCUT2D eigenvalue weighted by Crippen LogP contribution is 2.32. The van der Waals surface area contributed by atoms with Gasteiger partial charge in [0, 0.05) is 16.2 Å². The van der Waals surface area contributed by atoms with E-state index in [0.29, 0.717) is 22.4 Å². The second-order valence-corrected chi connectivity index (χ2v) is 10.1. The van der Waals surface area contributed by atoms with Gasteiger partial charge < -0.3 is 10.1 Å². The van der Waals surface area contributed by atoms with Gasteiger partial charge in [0.25, 0.3) is 9.05 Å². The molecule has 6 nitrogen and oxygen atoms in total. The lowest BCUT2D eigenvalue weighted by molar-refractivity contribution is 0.105. The summed E-state index contributed by atoms with van der Waals surface area (Å²) in [5.74, 6) is -1.72. The number of imidazole rings is 1. The number of aliphatic hydroxyl groups is 1. The fourth-order valence-electron chi connectivity index (χ4n) is 2.87. The summed E-state index contributed by atoms with van der Waals surface area (Å²) in [7, 11) is 1.33. The van der Waals surface area contributed by atoms with Crippen molar-refractivity contribution in [2.24, 2.45) is 0 Å². The fourth-order valence-corrected chi connectivity index (χ4v) is 4.89. The van der Waals surface area contributed by atoms with Gasteiger partial charge in [-0.1, -0.05) is 24.3 Å². The molecule has 2 N–H and O–H groups in total. The number of aliphatic hydroxyl groups excluding tert-OH is 1. The van der Waals surface area contributed by atoms with Crippen LogP contribution in [0.25, 0.3) is 22.4 Å². The van der Waals surface area contributed by atoms with Crippen LogP contribution in [0, 0.1) is 5.82 Å². The number of aromatic nitrogens is 2. The molecule has 0 unspecified atom stereocenters. The Balaban J connectivity index is 1.92. The number of fused-ring (bicyclic) bond motifs is 1. The Bertz CT molecular complexity index is 1390. The van der Waals surface area contributed by atoms with Crippen LogP contribution in [-0.4, -0.2) is 29.3 Å². The number of carbonyl (C=O) groups excluding carboxylic acids is 1. The number of hydrogen-bond donors (Lipinski definition) is 2. The third kappa shape index (κ3) is 3.87. The number of rotatable bonds is 5. The molecule has 0 saturated heterocycles.